The number of fused-ring (bicyclic) bond motifs is 1. The quantitative estimate of drug-likeness (QED) is 0.723. The highest BCUT2D eigenvalue weighted by molar-refractivity contribution is 5.94. The average molecular weight is 290 g/mol. The topological polar surface area (TPSA) is 45.8 Å². The highest BCUT2D eigenvalue weighted by atomic mass is 16.1. The van der Waals surface area contributed by atoms with Gasteiger partial charge in [0.05, 0.1) is 11.2 Å². The molecule has 0 amide bonds. The molecule has 0 saturated heterocycles. The third-order valence-corrected chi connectivity index (χ3v) is 3.85. The molecule has 0 unspecified atom stereocenters. The van der Waals surface area contributed by atoms with Gasteiger partial charge in [0.2, 0.25) is 0 Å². The molecule has 110 valence electrons. The number of hydrogen-bond acceptors (Lipinski definition) is 2. The SMILES string of the molecule is CC(=O)c1ccc(C/C=C(\C)c2n[nH]c3ccccc23)cc1. The fourth-order valence-electron chi connectivity index (χ4n) is 2.51. The van der Waals surface area contributed by atoms with Crippen molar-refractivity contribution in [3.8, 4) is 0 Å². The molecule has 0 atom stereocenters. The molecule has 0 spiro atoms. The number of rotatable bonds is 4. The molecule has 3 aromatic rings. The van der Waals surface area contributed by atoms with Crippen molar-refractivity contribution >= 4 is 22.3 Å². The summed E-state index contributed by atoms with van der Waals surface area (Å²) in [6, 6.07) is 15.9. The van der Waals surface area contributed by atoms with Gasteiger partial charge in [0, 0.05) is 10.9 Å². The molecule has 3 heteroatoms. The molecule has 0 fully saturated rings. The fraction of sp³-hybridized carbons (Fsp3) is 0.158. The van der Waals surface area contributed by atoms with Crippen molar-refractivity contribution in [1.29, 1.82) is 0 Å². The van der Waals surface area contributed by atoms with E-state index in [9.17, 15) is 4.79 Å². The van der Waals surface area contributed by atoms with Gasteiger partial charge in [0.1, 0.15) is 0 Å². The summed E-state index contributed by atoms with van der Waals surface area (Å²) < 4.78 is 0. The normalized spacial score (nSPS) is 11.8. The van der Waals surface area contributed by atoms with Crippen LogP contribution in [0.25, 0.3) is 16.5 Å². The number of H-pyrrole nitrogens is 1. The maximum atomic E-state index is 11.3. The Morgan fingerprint density at radius 2 is 1.82 bits per heavy atom. The van der Waals surface area contributed by atoms with E-state index in [1.165, 1.54) is 5.56 Å². The summed E-state index contributed by atoms with van der Waals surface area (Å²) in [5.41, 5.74) is 5.13. The summed E-state index contributed by atoms with van der Waals surface area (Å²) in [7, 11) is 0. The van der Waals surface area contributed by atoms with E-state index in [2.05, 4.69) is 29.3 Å². The van der Waals surface area contributed by atoms with Crippen molar-refractivity contribution < 1.29 is 4.79 Å². The Morgan fingerprint density at radius 3 is 2.55 bits per heavy atom. The van der Waals surface area contributed by atoms with Crippen molar-refractivity contribution in [3.05, 3.63) is 71.4 Å². The van der Waals surface area contributed by atoms with E-state index in [4.69, 9.17) is 0 Å². The molecule has 0 aliphatic heterocycles. The molecule has 1 N–H and O–H groups in total. The third-order valence-electron chi connectivity index (χ3n) is 3.85. The van der Waals surface area contributed by atoms with Crippen LogP contribution in [0.15, 0.2) is 54.6 Å². The van der Waals surface area contributed by atoms with Gasteiger partial charge in [-0.1, -0.05) is 48.5 Å². The van der Waals surface area contributed by atoms with Gasteiger partial charge >= 0.3 is 0 Å². The summed E-state index contributed by atoms with van der Waals surface area (Å²) >= 11 is 0. The van der Waals surface area contributed by atoms with Crippen LogP contribution in [-0.2, 0) is 6.42 Å². The Labute approximate surface area is 129 Å². The van der Waals surface area contributed by atoms with Crippen LogP contribution in [0.5, 0.6) is 0 Å². The number of carbonyl (C=O) groups is 1. The van der Waals surface area contributed by atoms with Crippen molar-refractivity contribution in [2.75, 3.05) is 0 Å². The second-order valence-corrected chi connectivity index (χ2v) is 5.46. The Bertz CT molecular complexity index is 841. The second-order valence-electron chi connectivity index (χ2n) is 5.46. The van der Waals surface area contributed by atoms with E-state index in [-0.39, 0.29) is 5.78 Å². The number of carbonyl (C=O) groups excluding carboxylic acids is 1. The van der Waals surface area contributed by atoms with Crippen LogP contribution in [0.4, 0.5) is 0 Å². The maximum absolute atomic E-state index is 11.3. The minimum Gasteiger partial charge on any atom is -0.295 e. The zero-order valence-corrected chi connectivity index (χ0v) is 12.8. The average Bonchev–Trinajstić information content (AvgIpc) is 2.97. The van der Waals surface area contributed by atoms with Crippen LogP contribution >= 0.6 is 0 Å². The molecule has 1 aromatic heterocycles. The number of allylic oxidation sites excluding steroid dienone is 2. The van der Waals surface area contributed by atoms with Gasteiger partial charge in [-0.2, -0.15) is 5.10 Å². The first-order chi connectivity index (χ1) is 10.6. The van der Waals surface area contributed by atoms with E-state index in [1.54, 1.807) is 6.92 Å². The van der Waals surface area contributed by atoms with Crippen LogP contribution in [-0.4, -0.2) is 16.0 Å². The lowest BCUT2D eigenvalue weighted by Crippen LogP contribution is -1.92. The Kier molecular flexibility index (Phi) is 3.88. The number of hydrogen-bond donors (Lipinski definition) is 1. The van der Waals surface area contributed by atoms with Crippen molar-refractivity contribution in [1.82, 2.24) is 10.2 Å². The van der Waals surface area contributed by atoms with Gasteiger partial charge in [-0.3, -0.25) is 9.89 Å². The van der Waals surface area contributed by atoms with E-state index in [1.807, 2.05) is 42.5 Å². The molecule has 0 aliphatic carbocycles. The lowest BCUT2D eigenvalue weighted by Gasteiger charge is -2.01. The van der Waals surface area contributed by atoms with Gasteiger partial charge in [-0.15, -0.1) is 0 Å². The maximum Gasteiger partial charge on any atom is 0.159 e. The number of aromatic nitrogens is 2. The van der Waals surface area contributed by atoms with Crippen LogP contribution in [0, 0.1) is 0 Å². The van der Waals surface area contributed by atoms with Crippen molar-refractivity contribution in [2.45, 2.75) is 20.3 Å². The highest BCUT2D eigenvalue weighted by Crippen LogP contribution is 2.22. The summed E-state index contributed by atoms with van der Waals surface area (Å²) in [4.78, 5) is 11.3. The highest BCUT2D eigenvalue weighted by Gasteiger charge is 2.06. The zero-order chi connectivity index (χ0) is 15.5. The summed E-state index contributed by atoms with van der Waals surface area (Å²) in [6.45, 7) is 3.66. The third kappa shape index (κ3) is 2.84. The Balaban J connectivity index is 1.81. The summed E-state index contributed by atoms with van der Waals surface area (Å²) in [6.07, 6.45) is 3.00. The molecule has 0 radical (unpaired) electrons. The molecule has 3 rings (SSSR count). The molecule has 1 heterocycles. The first kappa shape index (κ1) is 14.3. The largest absolute Gasteiger partial charge is 0.295 e. The van der Waals surface area contributed by atoms with Gasteiger partial charge in [-0.25, -0.2) is 0 Å². The van der Waals surface area contributed by atoms with Crippen LogP contribution in [0.2, 0.25) is 0 Å². The van der Waals surface area contributed by atoms with Gasteiger partial charge in [0.15, 0.2) is 5.78 Å². The first-order valence-electron chi connectivity index (χ1n) is 7.35. The number of nitrogens with zero attached hydrogens (tertiary/aromatic N) is 1. The molecule has 3 nitrogen and oxygen atoms in total. The first-order valence-corrected chi connectivity index (χ1v) is 7.35. The number of Topliss-reactive ketones (excluding diaryl/α,β-unsaturated/α-hetero) is 1. The molecule has 0 aliphatic rings. The Hall–Kier alpha value is -2.68. The van der Waals surface area contributed by atoms with E-state index in [0.29, 0.717) is 0 Å². The number of benzene rings is 2. The van der Waals surface area contributed by atoms with Gasteiger partial charge in [-0.05, 0) is 37.5 Å². The van der Waals surface area contributed by atoms with Crippen LogP contribution < -0.4 is 0 Å². The summed E-state index contributed by atoms with van der Waals surface area (Å²) in [5, 5.41) is 8.61. The lowest BCUT2D eigenvalue weighted by atomic mass is 10.0. The van der Waals surface area contributed by atoms with Crippen molar-refractivity contribution in [2.24, 2.45) is 0 Å². The monoisotopic (exact) mass is 290 g/mol. The lowest BCUT2D eigenvalue weighted by molar-refractivity contribution is 0.101. The molecule has 2 aromatic carbocycles. The number of ketones is 1. The van der Waals surface area contributed by atoms with Crippen LogP contribution in [0.1, 0.15) is 35.5 Å². The molecular formula is C19H18N2O. The van der Waals surface area contributed by atoms with Crippen LogP contribution in [0.3, 0.4) is 0 Å². The van der Waals surface area contributed by atoms with Gasteiger partial charge < -0.3 is 0 Å². The number of para-hydroxylation sites is 1. The van der Waals surface area contributed by atoms with Crippen molar-refractivity contribution in [3.63, 3.8) is 0 Å². The smallest absolute Gasteiger partial charge is 0.159 e. The van der Waals surface area contributed by atoms with E-state index < -0.39 is 0 Å². The molecule has 0 saturated carbocycles. The number of aromatic amines is 1. The second kappa shape index (κ2) is 5.98. The minimum atomic E-state index is 0.0984. The fourth-order valence-corrected chi connectivity index (χ4v) is 2.51. The Morgan fingerprint density at radius 1 is 1.09 bits per heavy atom. The minimum absolute atomic E-state index is 0.0984. The predicted octanol–water partition coefficient (Wildman–Crippen LogP) is 4.41. The van der Waals surface area contributed by atoms with E-state index >= 15 is 0 Å². The van der Waals surface area contributed by atoms with Gasteiger partial charge in [0.25, 0.3) is 0 Å². The molecular weight excluding hydrogens is 272 g/mol. The summed E-state index contributed by atoms with van der Waals surface area (Å²) in [5.74, 6) is 0.0984. The molecule has 0 bridgehead atoms. The predicted molar refractivity (Wildman–Crippen MR) is 89.9 cm³/mol. The van der Waals surface area contributed by atoms with E-state index in [0.717, 1.165) is 34.2 Å². The standard InChI is InChI=1S/C19H18N2O/c1-13(19-17-5-3-4-6-18(17)20-21-19)7-8-15-9-11-16(12-10-15)14(2)22/h3-7,9-12H,8H2,1-2H3,(H,20,21)/b13-7+. The number of nitrogens with one attached hydrogen (secondary N) is 1. The molecule has 22 heavy (non-hydrogen) atoms. The zero-order valence-electron chi connectivity index (χ0n) is 12.8.